The molecular formula is C25H18F4N2O3S. The van der Waals surface area contributed by atoms with Crippen molar-refractivity contribution in [2.24, 2.45) is 0 Å². The Morgan fingerprint density at radius 1 is 1.17 bits per heavy atom. The van der Waals surface area contributed by atoms with Crippen LogP contribution in [0, 0.1) is 5.82 Å². The van der Waals surface area contributed by atoms with E-state index in [1.165, 1.54) is 19.2 Å². The van der Waals surface area contributed by atoms with Gasteiger partial charge in [0.25, 0.3) is 0 Å². The van der Waals surface area contributed by atoms with E-state index in [0.29, 0.717) is 11.3 Å². The van der Waals surface area contributed by atoms with E-state index in [-0.39, 0.29) is 44.4 Å². The van der Waals surface area contributed by atoms with Crippen molar-refractivity contribution in [1.29, 1.82) is 0 Å². The van der Waals surface area contributed by atoms with Crippen molar-refractivity contribution in [2.45, 2.75) is 6.18 Å². The number of alkyl halides is 3. The largest absolute Gasteiger partial charge is 0.494 e. The number of carbonyl (C=O) groups is 1. The second-order valence-corrected chi connectivity index (χ2v) is 8.38. The molecule has 0 aliphatic heterocycles. The maximum atomic E-state index is 14.1. The summed E-state index contributed by atoms with van der Waals surface area (Å²) >= 11 is 0.721. The number of ether oxygens (including phenoxy) is 2. The first-order valence-electron chi connectivity index (χ1n) is 10.2. The number of methoxy groups -OCH3 is 1. The van der Waals surface area contributed by atoms with Gasteiger partial charge in [-0.05, 0) is 48.5 Å². The van der Waals surface area contributed by atoms with Gasteiger partial charge in [0, 0.05) is 16.5 Å². The molecular weight excluding hydrogens is 484 g/mol. The van der Waals surface area contributed by atoms with Gasteiger partial charge in [0.1, 0.15) is 22.1 Å². The van der Waals surface area contributed by atoms with Gasteiger partial charge in [0.05, 0.1) is 24.1 Å². The van der Waals surface area contributed by atoms with E-state index in [2.05, 4.69) is 11.6 Å². The van der Waals surface area contributed by atoms with Gasteiger partial charge in [-0.15, -0.1) is 11.3 Å². The Hall–Kier alpha value is -3.92. The van der Waals surface area contributed by atoms with Crippen molar-refractivity contribution >= 4 is 33.0 Å². The van der Waals surface area contributed by atoms with Crippen LogP contribution in [0.25, 0.3) is 21.5 Å². The number of nitrogens with zero attached hydrogens (tertiary/aromatic N) is 1. The van der Waals surface area contributed by atoms with Crippen LogP contribution in [-0.2, 0) is 6.18 Å². The Morgan fingerprint density at radius 2 is 1.89 bits per heavy atom. The number of fused-ring (bicyclic) bond motifs is 1. The molecule has 0 spiro atoms. The van der Waals surface area contributed by atoms with Crippen molar-refractivity contribution in [3.63, 3.8) is 0 Å². The number of anilines is 1. The van der Waals surface area contributed by atoms with Crippen molar-refractivity contribution < 1.29 is 31.8 Å². The van der Waals surface area contributed by atoms with Crippen LogP contribution in [0.1, 0.15) is 20.8 Å². The second-order valence-electron chi connectivity index (χ2n) is 7.38. The number of hydrogen-bond acceptors (Lipinski definition) is 6. The molecule has 0 saturated heterocycles. The molecule has 35 heavy (non-hydrogen) atoms. The number of halogens is 4. The zero-order valence-electron chi connectivity index (χ0n) is 18.3. The molecule has 2 heterocycles. The summed E-state index contributed by atoms with van der Waals surface area (Å²) in [6.07, 6.45) is -3.19. The number of benzene rings is 2. The molecule has 4 aromatic rings. The number of hydrogen-bond donors (Lipinski definition) is 1. The van der Waals surface area contributed by atoms with Crippen LogP contribution in [0.3, 0.4) is 0 Å². The highest BCUT2D eigenvalue weighted by Gasteiger charge is 2.36. The first-order chi connectivity index (χ1) is 16.6. The van der Waals surface area contributed by atoms with Crippen LogP contribution >= 0.6 is 11.3 Å². The third kappa shape index (κ3) is 4.69. The van der Waals surface area contributed by atoms with Gasteiger partial charge >= 0.3 is 6.18 Å². The summed E-state index contributed by atoms with van der Waals surface area (Å²) < 4.78 is 66.4. The predicted octanol–water partition coefficient (Wildman–Crippen LogP) is 6.51. The first kappa shape index (κ1) is 24.2. The van der Waals surface area contributed by atoms with Crippen molar-refractivity contribution in [3.05, 3.63) is 83.0 Å². The molecule has 10 heteroatoms. The lowest BCUT2D eigenvalue weighted by Gasteiger charge is -2.12. The Kier molecular flexibility index (Phi) is 6.49. The summed E-state index contributed by atoms with van der Waals surface area (Å²) in [6.45, 7) is 3.84. The lowest BCUT2D eigenvalue weighted by molar-refractivity contribution is -0.136. The molecule has 4 rings (SSSR count). The molecule has 2 aromatic heterocycles. The summed E-state index contributed by atoms with van der Waals surface area (Å²) in [4.78, 5) is 17.2. The Morgan fingerprint density at radius 3 is 2.49 bits per heavy atom. The van der Waals surface area contributed by atoms with E-state index in [4.69, 9.17) is 15.2 Å². The minimum Gasteiger partial charge on any atom is -0.494 e. The molecule has 0 radical (unpaired) electrons. The predicted molar refractivity (Wildman–Crippen MR) is 127 cm³/mol. The molecule has 0 aliphatic rings. The van der Waals surface area contributed by atoms with Crippen LogP contribution in [0.4, 0.5) is 23.2 Å². The first-order valence-corrected chi connectivity index (χ1v) is 11.0. The van der Waals surface area contributed by atoms with Crippen LogP contribution in [0.5, 0.6) is 11.5 Å². The summed E-state index contributed by atoms with van der Waals surface area (Å²) in [5.41, 5.74) is 5.05. The number of aromatic nitrogens is 1. The normalized spacial score (nSPS) is 11.5. The number of rotatable bonds is 7. The Bertz CT molecular complexity index is 1430. The third-order valence-corrected chi connectivity index (χ3v) is 6.24. The van der Waals surface area contributed by atoms with Crippen molar-refractivity contribution in [2.75, 3.05) is 19.5 Å². The number of nitrogens with two attached hydrogens (primary N) is 1. The van der Waals surface area contributed by atoms with E-state index in [0.717, 1.165) is 23.5 Å². The lowest BCUT2D eigenvalue weighted by Crippen LogP contribution is -2.08. The molecule has 180 valence electrons. The maximum Gasteiger partial charge on any atom is 0.417 e. The lowest BCUT2D eigenvalue weighted by atomic mass is 10.0. The van der Waals surface area contributed by atoms with Crippen molar-refractivity contribution in [3.8, 4) is 22.8 Å². The average molecular weight is 502 g/mol. The molecule has 0 saturated carbocycles. The van der Waals surface area contributed by atoms with Crippen molar-refractivity contribution in [1.82, 2.24) is 4.98 Å². The Balaban J connectivity index is 1.83. The molecule has 0 bridgehead atoms. The fourth-order valence-corrected chi connectivity index (χ4v) is 4.56. The monoisotopic (exact) mass is 502 g/mol. The van der Waals surface area contributed by atoms with Crippen LogP contribution < -0.4 is 15.2 Å². The summed E-state index contributed by atoms with van der Waals surface area (Å²) in [7, 11) is 1.27. The highest BCUT2D eigenvalue weighted by atomic mass is 32.1. The molecule has 0 aliphatic carbocycles. The van der Waals surface area contributed by atoms with E-state index in [9.17, 15) is 22.4 Å². The van der Waals surface area contributed by atoms with Gasteiger partial charge in [-0.2, -0.15) is 13.2 Å². The standard InChI is InChI=1S/C25H18F4N2O3S/c1-3-10-34-15-7-4-13(5-8-15)18-12-16(25(27,28)29)20-21(30)23(35-24(20)31-18)22(32)14-6-9-19(33-2)17(26)11-14/h3-9,11-12H,1,10,30H2,2H3. The molecule has 2 aromatic carbocycles. The molecule has 0 unspecified atom stereocenters. The Labute approximate surface area is 201 Å². The van der Waals surface area contributed by atoms with E-state index >= 15 is 0 Å². The molecule has 0 amide bonds. The van der Waals surface area contributed by atoms with Crippen LogP contribution in [0.2, 0.25) is 0 Å². The summed E-state index contributed by atoms with van der Waals surface area (Å²) in [6, 6.07) is 10.8. The van der Waals surface area contributed by atoms with Crippen LogP contribution in [0.15, 0.2) is 61.2 Å². The zero-order valence-corrected chi connectivity index (χ0v) is 19.1. The average Bonchev–Trinajstić information content (AvgIpc) is 3.17. The number of nitrogen functional groups attached to an aromatic ring is 1. The molecule has 0 atom stereocenters. The third-order valence-electron chi connectivity index (χ3n) is 5.14. The second kappa shape index (κ2) is 9.38. The van der Waals surface area contributed by atoms with Gasteiger partial charge in [0.15, 0.2) is 11.6 Å². The van der Waals surface area contributed by atoms with E-state index in [1.54, 1.807) is 30.3 Å². The van der Waals surface area contributed by atoms with Gasteiger partial charge in [-0.1, -0.05) is 12.7 Å². The van der Waals surface area contributed by atoms with Crippen LogP contribution in [-0.4, -0.2) is 24.5 Å². The minimum atomic E-state index is -4.76. The summed E-state index contributed by atoms with van der Waals surface area (Å²) in [5.74, 6) is -1.05. The molecule has 2 N–H and O–H groups in total. The zero-order chi connectivity index (χ0) is 25.3. The van der Waals surface area contributed by atoms with Gasteiger partial charge < -0.3 is 15.2 Å². The smallest absolute Gasteiger partial charge is 0.417 e. The fraction of sp³-hybridized carbons (Fsp3) is 0.120. The van der Waals surface area contributed by atoms with Gasteiger partial charge in [-0.3, -0.25) is 4.79 Å². The number of thiophene rings is 1. The number of ketones is 1. The maximum absolute atomic E-state index is 14.1. The molecule has 0 fully saturated rings. The SMILES string of the molecule is C=CCOc1ccc(-c2cc(C(F)(F)F)c3c(N)c(C(=O)c4ccc(OC)c(F)c4)sc3n2)cc1. The highest BCUT2D eigenvalue weighted by Crippen LogP contribution is 2.44. The number of carbonyl (C=O) groups excluding carboxylic acids is 1. The van der Waals surface area contributed by atoms with E-state index in [1.807, 2.05) is 0 Å². The minimum absolute atomic E-state index is 0.0517. The summed E-state index contributed by atoms with van der Waals surface area (Å²) in [5, 5.41) is -0.366. The van der Waals surface area contributed by atoms with E-state index < -0.39 is 23.3 Å². The molecule has 5 nitrogen and oxygen atoms in total. The van der Waals surface area contributed by atoms with Gasteiger partial charge in [0.2, 0.25) is 5.78 Å². The quantitative estimate of drug-likeness (QED) is 0.177. The topological polar surface area (TPSA) is 74.4 Å². The highest BCUT2D eigenvalue weighted by molar-refractivity contribution is 7.21. The fourth-order valence-electron chi connectivity index (χ4n) is 3.48. The van der Waals surface area contributed by atoms with Gasteiger partial charge in [-0.25, -0.2) is 9.37 Å². The number of pyridine rings is 1.